The summed E-state index contributed by atoms with van der Waals surface area (Å²) in [6.45, 7) is 0. The maximum absolute atomic E-state index is 14.0. The van der Waals surface area contributed by atoms with Crippen molar-refractivity contribution in [2.24, 2.45) is 0 Å². The Kier molecular flexibility index (Phi) is 4.44. The number of thiol groups is 1. The number of aromatic nitrogens is 2. The molecule has 2 aromatic carbocycles. The van der Waals surface area contributed by atoms with Crippen LogP contribution in [-0.4, -0.2) is 24.2 Å². The van der Waals surface area contributed by atoms with E-state index in [-0.39, 0.29) is 11.5 Å². The van der Waals surface area contributed by atoms with Gasteiger partial charge in [0.15, 0.2) is 28.3 Å². The lowest BCUT2D eigenvalue weighted by molar-refractivity contribution is 0.386. The van der Waals surface area contributed by atoms with Crippen molar-refractivity contribution in [2.75, 3.05) is 14.2 Å². The molecule has 0 amide bonds. The molecule has 0 saturated heterocycles. The fraction of sp³-hybridized carbons (Fsp3) is 0.118. The smallest absolute Gasteiger partial charge is 0.165 e. The van der Waals surface area contributed by atoms with Crippen molar-refractivity contribution >= 4 is 12.6 Å². The maximum Gasteiger partial charge on any atom is 0.165 e. The van der Waals surface area contributed by atoms with Gasteiger partial charge in [0.1, 0.15) is 0 Å². The molecule has 0 atom stereocenters. The molecular weight excluding hydrogens is 334 g/mol. The van der Waals surface area contributed by atoms with Gasteiger partial charge < -0.3 is 14.5 Å². The molecule has 3 rings (SSSR count). The maximum atomic E-state index is 14.0. The van der Waals surface area contributed by atoms with E-state index in [9.17, 15) is 8.78 Å². The summed E-state index contributed by atoms with van der Waals surface area (Å²) in [5.41, 5.74) is 2.07. The van der Waals surface area contributed by atoms with E-state index in [4.69, 9.17) is 9.47 Å². The largest absolute Gasteiger partial charge is 0.494 e. The highest BCUT2D eigenvalue weighted by Gasteiger charge is 2.16. The van der Waals surface area contributed by atoms with Gasteiger partial charge in [0.05, 0.1) is 25.6 Å². The summed E-state index contributed by atoms with van der Waals surface area (Å²) in [7, 11) is 2.79. The lowest BCUT2D eigenvalue weighted by Gasteiger charge is -2.07. The van der Waals surface area contributed by atoms with Crippen molar-refractivity contribution in [3.63, 3.8) is 0 Å². The number of methoxy groups -OCH3 is 2. The highest BCUT2D eigenvalue weighted by Crippen LogP contribution is 2.34. The molecule has 0 aliphatic rings. The molecule has 0 bridgehead atoms. The fourth-order valence-electron chi connectivity index (χ4n) is 2.41. The van der Waals surface area contributed by atoms with E-state index in [1.54, 1.807) is 12.1 Å². The Morgan fingerprint density at radius 3 is 2.00 bits per heavy atom. The molecule has 3 aromatic rings. The zero-order valence-electron chi connectivity index (χ0n) is 12.9. The highest BCUT2D eigenvalue weighted by atomic mass is 32.1. The van der Waals surface area contributed by atoms with Crippen LogP contribution in [0.25, 0.3) is 22.5 Å². The van der Waals surface area contributed by atoms with Crippen LogP contribution in [-0.2, 0) is 0 Å². The monoisotopic (exact) mass is 348 g/mol. The van der Waals surface area contributed by atoms with Crippen molar-refractivity contribution < 1.29 is 18.3 Å². The second-order valence-electron chi connectivity index (χ2n) is 4.98. The SMILES string of the molecule is COc1ccc(-c2nc(S)[nH]c2-c2ccc(OC)c(F)c2)cc1F. The molecule has 0 radical (unpaired) electrons. The highest BCUT2D eigenvalue weighted by molar-refractivity contribution is 7.80. The van der Waals surface area contributed by atoms with E-state index < -0.39 is 11.6 Å². The average Bonchev–Trinajstić information content (AvgIpc) is 2.96. The van der Waals surface area contributed by atoms with Crippen LogP contribution in [0, 0.1) is 11.6 Å². The molecule has 124 valence electrons. The topological polar surface area (TPSA) is 47.1 Å². The lowest BCUT2D eigenvalue weighted by Crippen LogP contribution is -1.91. The lowest BCUT2D eigenvalue weighted by atomic mass is 10.0. The Hall–Kier alpha value is -2.54. The number of nitrogens with one attached hydrogen (secondary N) is 1. The number of nitrogens with zero attached hydrogens (tertiary/aromatic N) is 1. The third-order valence-corrected chi connectivity index (χ3v) is 3.77. The Balaban J connectivity index is 2.11. The summed E-state index contributed by atoms with van der Waals surface area (Å²) in [5, 5.41) is 0.340. The number of ether oxygens (including phenoxy) is 2. The molecule has 0 spiro atoms. The number of benzene rings is 2. The van der Waals surface area contributed by atoms with E-state index in [0.29, 0.717) is 27.7 Å². The van der Waals surface area contributed by atoms with Crippen molar-refractivity contribution in [2.45, 2.75) is 5.16 Å². The first-order chi connectivity index (χ1) is 11.5. The van der Waals surface area contributed by atoms with Crippen LogP contribution < -0.4 is 9.47 Å². The van der Waals surface area contributed by atoms with E-state index in [1.807, 2.05) is 0 Å². The van der Waals surface area contributed by atoms with Crippen LogP contribution in [0.5, 0.6) is 11.5 Å². The van der Waals surface area contributed by atoms with Crippen molar-refractivity contribution in [3.05, 3.63) is 48.0 Å². The predicted octanol–water partition coefficient (Wildman–Crippen LogP) is 4.33. The van der Waals surface area contributed by atoms with E-state index in [1.165, 1.54) is 38.5 Å². The number of halogens is 2. The number of rotatable bonds is 4. The zero-order chi connectivity index (χ0) is 17.3. The average molecular weight is 348 g/mol. The number of hydrogen-bond donors (Lipinski definition) is 2. The quantitative estimate of drug-likeness (QED) is 0.690. The Morgan fingerprint density at radius 2 is 1.46 bits per heavy atom. The first kappa shape index (κ1) is 16.3. The molecule has 0 unspecified atom stereocenters. The molecule has 1 N–H and O–H groups in total. The summed E-state index contributed by atoms with van der Waals surface area (Å²) >= 11 is 4.20. The standard InChI is InChI=1S/C17H14F2N2O2S/c1-22-13-5-3-9(7-11(13)18)15-16(21-17(24)20-15)10-4-6-14(23-2)12(19)8-10/h3-8H,1-2H3,(H2,20,21,24). The first-order valence-electron chi connectivity index (χ1n) is 7.00. The van der Waals surface area contributed by atoms with E-state index >= 15 is 0 Å². The van der Waals surface area contributed by atoms with Gasteiger partial charge in [-0.15, -0.1) is 12.6 Å². The predicted molar refractivity (Wildman–Crippen MR) is 89.7 cm³/mol. The zero-order valence-corrected chi connectivity index (χ0v) is 13.8. The van der Waals surface area contributed by atoms with Gasteiger partial charge in [0.25, 0.3) is 0 Å². The second-order valence-corrected chi connectivity index (χ2v) is 5.41. The van der Waals surface area contributed by atoms with E-state index in [0.717, 1.165) is 0 Å². The molecule has 0 saturated carbocycles. The molecule has 1 heterocycles. The summed E-state index contributed by atoms with van der Waals surface area (Å²) in [6.07, 6.45) is 0. The summed E-state index contributed by atoms with van der Waals surface area (Å²) in [6, 6.07) is 9.02. The van der Waals surface area contributed by atoms with Gasteiger partial charge in [-0.1, -0.05) is 0 Å². The van der Waals surface area contributed by atoms with Gasteiger partial charge in [-0.05, 0) is 36.4 Å². The van der Waals surface area contributed by atoms with Crippen LogP contribution in [0.2, 0.25) is 0 Å². The van der Waals surface area contributed by atoms with Crippen molar-refractivity contribution in [1.29, 1.82) is 0 Å². The van der Waals surface area contributed by atoms with Gasteiger partial charge in [0.2, 0.25) is 0 Å². The molecule has 1 aromatic heterocycles. The molecule has 24 heavy (non-hydrogen) atoms. The van der Waals surface area contributed by atoms with Crippen LogP contribution in [0.1, 0.15) is 0 Å². The third kappa shape index (κ3) is 2.94. The minimum Gasteiger partial charge on any atom is -0.494 e. The minimum atomic E-state index is -0.509. The third-order valence-electron chi connectivity index (χ3n) is 3.56. The summed E-state index contributed by atoms with van der Waals surface area (Å²) < 4.78 is 37.8. The molecular formula is C17H14F2N2O2S. The Labute approximate surface area is 142 Å². The Morgan fingerprint density at radius 1 is 0.917 bits per heavy atom. The van der Waals surface area contributed by atoms with Gasteiger partial charge >= 0.3 is 0 Å². The van der Waals surface area contributed by atoms with Gasteiger partial charge in [-0.3, -0.25) is 0 Å². The van der Waals surface area contributed by atoms with E-state index in [2.05, 4.69) is 22.6 Å². The number of imidazole rings is 1. The normalized spacial score (nSPS) is 10.7. The molecule has 7 heteroatoms. The van der Waals surface area contributed by atoms with Crippen LogP contribution in [0.15, 0.2) is 41.6 Å². The summed E-state index contributed by atoms with van der Waals surface area (Å²) in [4.78, 5) is 7.24. The number of hydrogen-bond acceptors (Lipinski definition) is 4. The van der Waals surface area contributed by atoms with Crippen LogP contribution in [0.4, 0.5) is 8.78 Å². The second kappa shape index (κ2) is 6.52. The molecule has 4 nitrogen and oxygen atoms in total. The first-order valence-corrected chi connectivity index (χ1v) is 7.45. The van der Waals surface area contributed by atoms with Crippen molar-refractivity contribution in [1.82, 2.24) is 9.97 Å². The number of H-pyrrole nitrogens is 1. The van der Waals surface area contributed by atoms with Crippen LogP contribution in [0.3, 0.4) is 0 Å². The molecule has 0 aliphatic carbocycles. The fourth-order valence-corrected chi connectivity index (χ4v) is 2.63. The van der Waals surface area contributed by atoms with Gasteiger partial charge in [-0.25, -0.2) is 13.8 Å². The molecule has 0 fully saturated rings. The Bertz CT molecular complexity index is 825. The van der Waals surface area contributed by atoms with Crippen molar-refractivity contribution in [3.8, 4) is 34.0 Å². The van der Waals surface area contributed by atoms with Crippen LogP contribution >= 0.6 is 12.6 Å². The molecule has 0 aliphatic heterocycles. The summed E-state index contributed by atoms with van der Waals surface area (Å²) in [5.74, 6) is -0.735. The van der Waals surface area contributed by atoms with Gasteiger partial charge in [0, 0.05) is 11.1 Å². The number of aromatic amines is 1. The minimum absolute atomic E-state index is 0.137. The van der Waals surface area contributed by atoms with Gasteiger partial charge in [-0.2, -0.15) is 0 Å².